The van der Waals surface area contributed by atoms with Crippen LogP contribution >= 0.6 is 0 Å². The number of likely N-dealkylation sites (tertiary alicyclic amines) is 2. The number of carbonyl (C=O) groups is 2. The lowest BCUT2D eigenvalue weighted by atomic mass is 9.80. The molecule has 2 aliphatic heterocycles. The van der Waals surface area contributed by atoms with Crippen LogP contribution in [0.2, 0.25) is 0 Å². The van der Waals surface area contributed by atoms with Crippen molar-refractivity contribution in [3.05, 3.63) is 35.9 Å². The minimum atomic E-state index is -0.0582. The molecule has 2 saturated heterocycles. The van der Waals surface area contributed by atoms with Gasteiger partial charge in [-0.25, -0.2) is 0 Å². The fourth-order valence-electron chi connectivity index (χ4n) is 4.36. The molecule has 1 aromatic carbocycles. The molecule has 0 saturated carbocycles. The summed E-state index contributed by atoms with van der Waals surface area (Å²) in [5.41, 5.74) is 0.673. The van der Waals surface area contributed by atoms with Gasteiger partial charge >= 0.3 is 0 Å². The zero-order valence-electron chi connectivity index (χ0n) is 15.3. The van der Waals surface area contributed by atoms with Crippen LogP contribution in [0, 0.1) is 11.3 Å². The maximum absolute atomic E-state index is 12.8. The van der Waals surface area contributed by atoms with E-state index in [-0.39, 0.29) is 23.8 Å². The van der Waals surface area contributed by atoms with Crippen LogP contribution in [0.3, 0.4) is 0 Å². The summed E-state index contributed by atoms with van der Waals surface area (Å²) in [4.78, 5) is 31.1. The highest BCUT2D eigenvalue weighted by Crippen LogP contribution is 2.43. The SMILES string of the molecule is COCC(=O)N1C[C@@H]2CN(C(=O)c3ccccc3)C[C@]2(CN(C)C)C1. The highest BCUT2D eigenvalue weighted by molar-refractivity contribution is 5.94. The third kappa shape index (κ3) is 3.55. The lowest BCUT2D eigenvalue weighted by molar-refractivity contribution is -0.134. The molecular formula is C19H27N3O3. The Kier molecular flexibility index (Phi) is 5.11. The fourth-order valence-corrected chi connectivity index (χ4v) is 4.36. The number of benzene rings is 1. The summed E-state index contributed by atoms with van der Waals surface area (Å²) in [6, 6.07) is 9.44. The van der Waals surface area contributed by atoms with Crippen molar-refractivity contribution in [1.29, 1.82) is 0 Å². The van der Waals surface area contributed by atoms with Gasteiger partial charge in [0.25, 0.3) is 5.91 Å². The fraction of sp³-hybridized carbons (Fsp3) is 0.579. The van der Waals surface area contributed by atoms with Gasteiger partial charge in [-0.3, -0.25) is 9.59 Å². The van der Waals surface area contributed by atoms with Gasteiger partial charge in [-0.05, 0) is 26.2 Å². The average Bonchev–Trinajstić information content (AvgIpc) is 3.08. The molecule has 6 nitrogen and oxygen atoms in total. The smallest absolute Gasteiger partial charge is 0.253 e. The molecule has 0 N–H and O–H groups in total. The minimum Gasteiger partial charge on any atom is -0.375 e. The van der Waals surface area contributed by atoms with Crippen LogP contribution < -0.4 is 0 Å². The van der Waals surface area contributed by atoms with E-state index in [0.29, 0.717) is 32.1 Å². The molecule has 1 aromatic rings. The number of fused-ring (bicyclic) bond motifs is 1. The topological polar surface area (TPSA) is 53.1 Å². The Labute approximate surface area is 149 Å². The molecule has 0 aliphatic carbocycles. The lowest BCUT2D eigenvalue weighted by Crippen LogP contribution is -2.44. The summed E-state index contributed by atoms with van der Waals surface area (Å²) in [7, 11) is 5.64. The molecule has 2 fully saturated rings. The van der Waals surface area contributed by atoms with Gasteiger partial charge in [-0.15, -0.1) is 0 Å². The van der Waals surface area contributed by atoms with Crippen LogP contribution in [-0.2, 0) is 9.53 Å². The van der Waals surface area contributed by atoms with Gasteiger partial charge in [0.05, 0.1) is 0 Å². The summed E-state index contributed by atoms with van der Waals surface area (Å²) >= 11 is 0. The van der Waals surface area contributed by atoms with E-state index >= 15 is 0 Å². The number of nitrogens with zero attached hydrogens (tertiary/aromatic N) is 3. The Morgan fingerprint density at radius 1 is 1.16 bits per heavy atom. The molecule has 2 atom stereocenters. The number of amides is 2. The van der Waals surface area contributed by atoms with Gasteiger partial charge < -0.3 is 19.4 Å². The van der Waals surface area contributed by atoms with E-state index in [4.69, 9.17) is 4.74 Å². The Hall–Kier alpha value is -1.92. The van der Waals surface area contributed by atoms with Crippen molar-refractivity contribution in [2.45, 2.75) is 0 Å². The van der Waals surface area contributed by atoms with Crippen molar-refractivity contribution in [2.75, 3.05) is 60.5 Å². The number of ether oxygens (including phenoxy) is 1. The maximum atomic E-state index is 12.8. The molecule has 0 spiro atoms. The largest absolute Gasteiger partial charge is 0.375 e. The van der Waals surface area contributed by atoms with Gasteiger partial charge in [0.15, 0.2) is 0 Å². The predicted molar refractivity (Wildman–Crippen MR) is 95.3 cm³/mol. The van der Waals surface area contributed by atoms with Crippen molar-refractivity contribution in [1.82, 2.24) is 14.7 Å². The van der Waals surface area contributed by atoms with E-state index in [0.717, 1.165) is 12.1 Å². The Balaban J connectivity index is 1.77. The molecule has 2 amide bonds. The number of carbonyl (C=O) groups excluding carboxylic acids is 2. The van der Waals surface area contributed by atoms with Crippen LogP contribution in [0.4, 0.5) is 0 Å². The maximum Gasteiger partial charge on any atom is 0.253 e. The van der Waals surface area contributed by atoms with Crippen LogP contribution in [0.1, 0.15) is 10.4 Å². The van der Waals surface area contributed by atoms with E-state index in [2.05, 4.69) is 4.90 Å². The van der Waals surface area contributed by atoms with Crippen LogP contribution in [0.5, 0.6) is 0 Å². The summed E-state index contributed by atoms with van der Waals surface area (Å²) in [5.74, 6) is 0.433. The molecule has 2 heterocycles. The van der Waals surface area contributed by atoms with E-state index in [1.807, 2.05) is 54.2 Å². The number of rotatable bonds is 5. The van der Waals surface area contributed by atoms with Gasteiger partial charge in [-0.1, -0.05) is 18.2 Å². The Morgan fingerprint density at radius 3 is 2.44 bits per heavy atom. The van der Waals surface area contributed by atoms with Crippen molar-refractivity contribution in [3.8, 4) is 0 Å². The quantitative estimate of drug-likeness (QED) is 0.792. The molecule has 3 rings (SSSR count). The van der Waals surface area contributed by atoms with Crippen molar-refractivity contribution in [3.63, 3.8) is 0 Å². The van der Waals surface area contributed by atoms with Gasteiger partial charge in [-0.2, -0.15) is 0 Å². The monoisotopic (exact) mass is 345 g/mol. The second kappa shape index (κ2) is 7.14. The van der Waals surface area contributed by atoms with Crippen molar-refractivity contribution < 1.29 is 14.3 Å². The van der Waals surface area contributed by atoms with Gasteiger partial charge in [0.2, 0.25) is 5.91 Å². The molecule has 6 heteroatoms. The third-order valence-electron chi connectivity index (χ3n) is 5.32. The first-order valence-corrected chi connectivity index (χ1v) is 8.71. The molecular weight excluding hydrogens is 318 g/mol. The van der Waals surface area contributed by atoms with Crippen molar-refractivity contribution in [2.24, 2.45) is 11.3 Å². The van der Waals surface area contributed by atoms with E-state index in [1.165, 1.54) is 0 Å². The van der Waals surface area contributed by atoms with Gasteiger partial charge in [0.1, 0.15) is 6.61 Å². The highest BCUT2D eigenvalue weighted by atomic mass is 16.5. The molecule has 136 valence electrons. The average molecular weight is 345 g/mol. The zero-order valence-corrected chi connectivity index (χ0v) is 15.3. The third-order valence-corrected chi connectivity index (χ3v) is 5.32. The molecule has 25 heavy (non-hydrogen) atoms. The van der Waals surface area contributed by atoms with Crippen LogP contribution in [-0.4, -0.2) is 87.0 Å². The molecule has 0 unspecified atom stereocenters. The number of methoxy groups -OCH3 is 1. The molecule has 0 radical (unpaired) electrons. The second-order valence-corrected chi connectivity index (χ2v) is 7.56. The molecule has 0 bridgehead atoms. The first-order valence-electron chi connectivity index (χ1n) is 8.71. The zero-order chi connectivity index (χ0) is 18.0. The highest BCUT2D eigenvalue weighted by Gasteiger charge is 2.54. The molecule has 0 aromatic heterocycles. The number of hydrogen-bond acceptors (Lipinski definition) is 4. The summed E-state index contributed by atoms with van der Waals surface area (Å²) in [6.45, 7) is 3.79. The summed E-state index contributed by atoms with van der Waals surface area (Å²) in [6.07, 6.45) is 0. The normalized spacial score (nSPS) is 25.5. The second-order valence-electron chi connectivity index (χ2n) is 7.56. The van der Waals surface area contributed by atoms with E-state index < -0.39 is 0 Å². The summed E-state index contributed by atoms with van der Waals surface area (Å²) in [5, 5.41) is 0. The van der Waals surface area contributed by atoms with Crippen molar-refractivity contribution >= 4 is 11.8 Å². The predicted octanol–water partition coefficient (Wildman–Crippen LogP) is 0.795. The Morgan fingerprint density at radius 2 is 1.80 bits per heavy atom. The minimum absolute atomic E-state index is 0.0379. The molecule has 2 aliphatic rings. The van der Waals surface area contributed by atoms with E-state index in [9.17, 15) is 9.59 Å². The lowest BCUT2D eigenvalue weighted by Gasteiger charge is -2.32. The Bertz CT molecular complexity index is 634. The van der Waals surface area contributed by atoms with E-state index in [1.54, 1.807) is 7.11 Å². The standard InChI is InChI=1S/C19H27N3O3/c1-20(2)12-19-13-21(17(23)11-25-3)9-16(19)10-22(14-19)18(24)15-7-5-4-6-8-15/h4-8,16H,9-14H2,1-3H3/t16-,19+/m1/s1. The van der Waals surface area contributed by atoms with Gasteiger partial charge in [0, 0.05) is 56.7 Å². The first-order chi connectivity index (χ1) is 11.9. The van der Waals surface area contributed by atoms with Crippen LogP contribution in [0.25, 0.3) is 0 Å². The first kappa shape index (κ1) is 17.9. The number of hydrogen-bond donors (Lipinski definition) is 0. The summed E-state index contributed by atoms with van der Waals surface area (Å²) < 4.78 is 5.00. The van der Waals surface area contributed by atoms with Crippen LogP contribution in [0.15, 0.2) is 30.3 Å².